The van der Waals surface area contributed by atoms with Crippen molar-refractivity contribution >= 4 is 22.1 Å². The van der Waals surface area contributed by atoms with Crippen LogP contribution in [0.5, 0.6) is 0 Å². The van der Waals surface area contributed by atoms with E-state index in [4.69, 9.17) is 5.84 Å². The van der Waals surface area contributed by atoms with Crippen molar-refractivity contribution in [2.45, 2.75) is 6.04 Å². The molecule has 0 spiro atoms. The Kier molecular flexibility index (Phi) is 3.06. The van der Waals surface area contributed by atoms with Crippen LogP contribution in [0.3, 0.4) is 0 Å². The van der Waals surface area contributed by atoms with E-state index in [1.54, 1.807) is 11.3 Å². The molecule has 3 N–H and O–H groups in total. The summed E-state index contributed by atoms with van der Waals surface area (Å²) < 4.78 is 0. The molecule has 2 aromatic heterocycles. The average Bonchev–Trinajstić information content (AvgIpc) is 2.94. The summed E-state index contributed by atoms with van der Waals surface area (Å²) in [4.78, 5) is 4.15. The number of nitrogens with one attached hydrogen (secondary N) is 1. The van der Waals surface area contributed by atoms with Crippen molar-refractivity contribution in [3.63, 3.8) is 0 Å². The van der Waals surface area contributed by atoms with Crippen LogP contribution in [0.25, 0.3) is 10.8 Å². The molecular formula is C14H13N3S. The highest BCUT2D eigenvalue weighted by molar-refractivity contribution is 7.08. The fourth-order valence-corrected chi connectivity index (χ4v) is 2.89. The number of benzene rings is 1. The van der Waals surface area contributed by atoms with Gasteiger partial charge in [-0.3, -0.25) is 10.8 Å². The van der Waals surface area contributed by atoms with E-state index in [9.17, 15) is 0 Å². The third-order valence-electron chi connectivity index (χ3n) is 3.07. The molecule has 18 heavy (non-hydrogen) atoms. The summed E-state index contributed by atoms with van der Waals surface area (Å²) in [6.07, 6.45) is 3.69. The fraction of sp³-hybridized carbons (Fsp3) is 0.0714. The molecule has 0 saturated heterocycles. The van der Waals surface area contributed by atoms with Gasteiger partial charge in [0, 0.05) is 17.8 Å². The second-order valence-corrected chi connectivity index (χ2v) is 4.88. The van der Waals surface area contributed by atoms with Crippen molar-refractivity contribution in [3.05, 3.63) is 64.6 Å². The molecule has 0 saturated carbocycles. The zero-order valence-corrected chi connectivity index (χ0v) is 10.5. The topological polar surface area (TPSA) is 50.9 Å². The predicted octanol–water partition coefficient (Wildman–Crippen LogP) is 2.85. The maximum Gasteiger partial charge on any atom is 0.0724 e. The van der Waals surface area contributed by atoms with E-state index in [0.29, 0.717) is 0 Å². The van der Waals surface area contributed by atoms with Gasteiger partial charge in [-0.1, -0.05) is 18.2 Å². The minimum absolute atomic E-state index is 0.0161. The number of nitrogens with two attached hydrogens (primary N) is 1. The molecule has 0 aliphatic heterocycles. The van der Waals surface area contributed by atoms with Crippen LogP contribution in [0.2, 0.25) is 0 Å². The molecule has 4 heteroatoms. The van der Waals surface area contributed by atoms with Gasteiger partial charge >= 0.3 is 0 Å². The first kappa shape index (κ1) is 11.3. The van der Waals surface area contributed by atoms with Crippen molar-refractivity contribution in [2.24, 2.45) is 5.84 Å². The summed E-state index contributed by atoms with van der Waals surface area (Å²) in [7, 11) is 0. The van der Waals surface area contributed by atoms with Gasteiger partial charge in [0.15, 0.2) is 0 Å². The summed E-state index contributed by atoms with van der Waals surface area (Å²) in [5.41, 5.74) is 5.26. The van der Waals surface area contributed by atoms with E-state index < -0.39 is 0 Å². The lowest BCUT2D eigenvalue weighted by atomic mass is 9.97. The molecule has 3 rings (SSSR count). The summed E-state index contributed by atoms with van der Waals surface area (Å²) >= 11 is 1.68. The van der Waals surface area contributed by atoms with Gasteiger partial charge in [-0.15, -0.1) is 0 Å². The molecule has 90 valence electrons. The number of pyridine rings is 1. The molecule has 0 fully saturated rings. The van der Waals surface area contributed by atoms with E-state index in [0.717, 1.165) is 5.39 Å². The second kappa shape index (κ2) is 4.86. The first-order chi connectivity index (χ1) is 8.90. The molecular weight excluding hydrogens is 242 g/mol. The van der Waals surface area contributed by atoms with Crippen molar-refractivity contribution in [1.82, 2.24) is 10.4 Å². The van der Waals surface area contributed by atoms with Crippen LogP contribution in [0.15, 0.2) is 53.5 Å². The van der Waals surface area contributed by atoms with Crippen LogP contribution < -0.4 is 11.3 Å². The van der Waals surface area contributed by atoms with Gasteiger partial charge in [0.2, 0.25) is 0 Å². The molecule has 0 radical (unpaired) electrons. The summed E-state index contributed by atoms with van der Waals surface area (Å²) in [6, 6.07) is 10.3. The molecule has 0 aliphatic rings. The lowest BCUT2D eigenvalue weighted by Gasteiger charge is -2.17. The van der Waals surface area contributed by atoms with Crippen LogP contribution >= 0.6 is 11.3 Å². The Balaban J connectivity index is 2.18. The number of rotatable bonds is 3. The molecule has 0 aliphatic carbocycles. The van der Waals surface area contributed by atoms with Gasteiger partial charge in [0.05, 0.1) is 6.04 Å². The molecule has 1 unspecified atom stereocenters. The normalized spacial score (nSPS) is 12.7. The average molecular weight is 255 g/mol. The number of fused-ring (bicyclic) bond motifs is 1. The summed E-state index contributed by atoms with van der Waals surface area (Å²) in [6.45, 7) is 0. The van der Waals surface area contributed by atoms with Crippen LogP contribution in [0.1, 0.15) is 17.2 Å². The standard InChI is InChI=1S/C14H13N3S/c15-17-14(11-5-7-18-9-11)13-3-1-2-10-8-16-6-4-12(10)13/h1-9,14,17H,15H2. The van der Waals surface area contributed by atoms with Gasteiger partial charge in [-0.25, -0.2) is 5.43 Å². The molecule has 3 nitrogen and oxygen atoms in total. The van der Waals surface area contributed by atoms with Gasteiger partial charge in [-0.05, 0) is 39.4 Å². The number of thiophene rings is 1. The summed E-state index contributed by atoms with van der Waals surface area (Å²) in [5, 5.41) is 6.49. The Hall–Kier alpha value is -1.75. The van der Waals surface area contributed by atoms with Crippen LogP contribution in [0, 0.1) is 0 Å². The largest absolute Gasteiger partial charge is 0.271 e. The number of nitrogens with zero attached hydrogens (tertiary/aromatic N) is 1. The van der Waals surface area contributed by atoms with Crippen molar-refractivity contribution in [3.8, 4) is 0 Å². The molecule has 2 heterocycles. The molecule has 1 atom stereocenters. The Morgan fingerprint density at radius 1 is 1.22 bits per heavy atom. The second-order valence-electron chi connectivity index (χ2n) is 4.10. The highest BCUT2D eigenvalue weighted by Crippen LogP contribution is 2.29. The minimum atomic E-state index is 0.0161. The number of hydrogen-bond acceptors (Lipinski definition) is 4. The zero-order valence-electron chi connectivity index (χ0n) is 9.71. The minimum Gasteiger partial charge on any atom is -0.271 e. The van der Waals surface area contributed by atoms with Crippen LogP contribution in [0.4, 0.5) is 0 Å². The first-order valence-corrected chi connectivity index (χ1v) is 6.65. The van der Waals surface area contributed by atoms with Gasteiger partial charge in [0.25, 0.3) is 0 Å². The Morgan fingerprint density at radius 3 is 2.94 bits per heavy atom. The highest BCUT2D eigenvalue weighted by Gasteiger charge is 2.15. The van der Waals surface area contributed by atoms with Crippen LogP contribution in [-0.2, 0) is 0 Å². The third kappa shape index (κ3) is 1.90. The Morgan fingerprint density at radius 2 is 2.17 bits per heavy atom. The van der Waals surface area contributed by atoms with Crippen molar-refractivity contribution in [2.75, 3.05) is 0 Å². The highest BCUT2D eigenvalue weighted by atomic mass is 32.1. The maximum absolute atomic E-state index is 5.73. The summed E-state index contributed by atoms with van der Waals surface area (Å²) in [5.74, 6) is 5.73. The van der Waals surface area contributed by atoms with Crippen molar-refractivity contribution < 1.29 is 0 Å². The van der Waals surface area contributed by atoms with E-state index in [1.165, 1.54) is 16.5 Å². The van der Waals surface area contributed by atoms with E-state index in [1.807, 2.05) is 24.5 Å². The van der Waals surface area contributed by atoms with E-state index in [2.05, 4.69) is 39.4 Å². The quantitative estimate of drug-likeness (QED) is 0.559. The van der Waals surface area contributed by atoms with Gasteiger partial charge < -0.3 is 0 Å². The Bertz CT molecular complexity index is 644. The molecule has 3 aromatic rings. The zero-order chi connectivity index (χ0) is 12.4. The van der Waals surface area contributed by atoms with Crippen LogP contribution in [-0.4, -0.2) is 4.98 Å². The van der Waals surface area contributed by atoms with Crippen molar-refractivity contribution in [1.29, 1.82) is 0 Å². The molecule has 0 bridgehead atoms. The van der Waals surface area contributed by atoms with Gasteiger partial charge in [0.1, 0.15) is 0 Å². The fourth-order valence-electron chi connectivity index (χ4n) is 2.20. The molecule has 0 amide bonds. The first-order valence-electron chi connectivity index (χ1n) is 5.71. The predicted molar refractivity (Wildman–Crippen MR) is 75.2 cm³/mol. The monoisotopic (exact) mass is 255 g/mol. The third-order valence-corrected chi connectivity index (χ3v) is 3.77. The number of hydrogen-bond donors (Lipinski definition) is 2. The Labute approximate surface area is 109 Å². The maximum atomic E-state index is 5.73. The smallest absolute Gasteiger partial charge is 0.0724 e. The number of aromatic nitrogens is 1. The van der Waals surface area contributed by atoms with Gasteiger partial charge in [-0.2, -0.15) is 11.3 Å². The van der Waals surface area contributed by atoms with E-state index in [-0.39, 0.29) is 6.04 Å². The lowest BCUT2D eigenvalue weighted by Crippen LogP contribution is -2.28. The SMILES string of the molecule is NNC(c1ccsc1)c1cccc2cnccc12. The lowest BCUT2D eigenvalue weighted by molar-refractivity contribution is 0.643. The van der Waals surface area contributed by atoms with E-state index >= 15 is 0 Å². The molecule has 1 aromatic carbocycles. The number of hydrazine groups is 1.